The van der Waals surface area contributed by atoms with Crippen LogP contribution < -0.4 is 9.62 Å². The zero-order chi connectivity index (χ0) is 18.6. The zero-order valence-corrected chi connectivity index (χ0v) is 16.8. The van der Waals surface area contributed by atoms with Gasteiger partial charge in [0, 0.05) is 25.8 Å². The molecular weight excluding hydrogens is 379 g/mol. The Hall–Kier alpha value is -1.27. The van der Waals surface area contributed by atoms with Crippen molar-refractivity contribution in [2.45, 2.75) is 25.1 Å². The number of halogens is 2. The Balaban J connectivity index is 1.98. The number of benzene rings is 2. The Morgan fingerprint density at radius 2 is 1.60 bits per heavy atom. The Morgan fingerprint density at radius 3 is 2.16 bits per heavy atom. The fourth-order valence-corrected chi connectivity index (χ4v) is 4.24. The lowest BCUT2D eigenvalue weighted by Crippen LogP contribution is -2.35. The summed E-state index contributed by atoms with van der Waals surface area (Å²) in [5, 5.41) is 0.758. The number of anilines is 1. The number of hydrogen-bond donors (Lipinski definition) is 1. The summed E-state index contributed by atoms with van der Waals surface area (Å²) in [5.41, 5.74) is 2.79. The van der Waals surface area contributed by atoms with Gasteiger partial charge in [0.05, 0.1) is 15.8 Å². The summed E-state index contributed by atoms with van der Waals surface area (Å²) in [6.45, 7) is 1.85. The monoisotopic (exact) mass is 400 g/mol. The maximum absolute atomic E-state index is 12.3. The second-order valence-corrected chi connectivity index (χ2v) is 8.86. The predicted octanol–water partition coefficient (Wildman–Crippen LogP) is 4.11. The predicted molar refractivity (Wildman–Crippen MR) is 106 cm³/mol. The third-order valence-corrected chi connectivity index (χ3v) is 5.93. The Labute approximate surface area is 159 Å². The van der Waals surface area contributed by atoms with E-state index in [-0.39, 0.29) is 11.8 Å². The minimum atomic E-state index is -3.47. The van der Waals surface area contributed by atoms with Crippen molar-refractivity contribution in [1.82, 2.24) is 4.72 Å². The second kappa shape index (κ2) is 8.41. The lowest BCUT2D eigenvalue weighted by atomic mass is 10.1. The Bertz CT molecular complexity index is 821. The van der Waals surface area contributed by atoms with Crippen LogP contribution in [0.15, 0.2) is 42.5 Å². The highest BCUT2D eigenvalue weighted by atomic mass is 35.5. The van der Waals surface area contributed by atoms with Gasteiger partial charge in [-0.2, -0.15) is 0 Å². The first-order valence-electron chi connectivity index (χ1n) is 7.86. The molecular formula is C18H22Cl2N2O2S. The van der Waals surface area contributed by atoms with Crippen LogP contribution in [0, 0.1) is 0 Å². The smallest absolute Gasteiger partial charge is 0.216 e. The molecule has 0 saturated heterocycles. The van der Waals surface area contributed by atoms with Crippen molar-refractivity contribution in [3.8, 4) is 0 Å². The lowest BCUT2D eigenvalue weighted by Gasteiger charge is -2.16. The molecule has 1 atom stereocenters. The van der Waals surface area contributed by atoms with Crippen molar-refractivity contribution in [3.63, 3.8) is 0 Å². The van der Waals surface area contributed by atoms with Crippen LogP contribution >= 0.6 is 23.2 Å². The molecule has 1 unspecified atom stereocenters. The second-order valence-electron chi connectivity index (χ2n) is 6.29. The average molecular weight is 401 g/mol. The largest absolute Gasteiger partial charge is 0.378 e. The van der Waals surface area contributed by atoms with Gasteiger partial charge in [-0.05, 0) is 48.7 Å². The molecule has 1 N–H and O–H groups in total. The fourth-order valence-electron chi connectivity index (χ4n) is 2.52. The highest BCUT2D eigenvalue weighted by molar-refractivity contribution is 7.88. The van der Waals surface area contributed by atoms with Gasteiger partial charge in [-0.1, -0.05) is 41.4 Å². The molecule has 0 radical (unpaired) electrons. The summed E-state index contributed by atoms with van der Waals surface area (Å²) < 4.78 is 27.4. The number of nitrogens with zero attached hydrogens (tertiary/aromatic N) is 1. The normalized spacial score (nSPS) is 12.8. The Kier molecular flexibility index (Phi) is 6.74. The molecule has 2 aromatic rings. The van der Waals surface area contributed by atoms with E-state index in [9.17, 15) is 8.42 Å². The van der Waals surface area contributed by atoms with Crippen molar-refractivity contribution in [2.75, 3.05) is 19.0 Å². The average Bonchev–Trinajstić information content (AvgIpc) is 2.50. The first-order chi connectivity index (χ1) is 11.7. The summed E-state index contributed by atoms with van der Waals surface area (Å²) in [6, 6.07) is 12.7. The van der Waals surface area contributed by atoms with Crippen LogP contribution in [-0.2, 0) is 22.2 Å². The molecule has 0 amide bonds. The molecule has 0 aliphatic carbocycles. The van der Waals surface area contributed by atoms with Gasteiger partial charge in [0.1, 0.15) is 0 Å². The van der Waals surface area contributed by atoms with E-state index in [0.717, 1.165) is 11.3 Å². The van der Waals surface area contributed by atoms with Crippen molar-refractivity contribution in [1.29, 1.82) is 0 Å². The van der Waals surface area contributed by atoms with E-state index >= 15 is 0 Å². The van der Waals surface area contributed by atoms with Crippen LogP contribution in [0.4, 0.5) is 5.69 Å². The van der Waals surface area contributed by atoms with Crippen LogP contribution in [-0.4, -0.2) is 28.6 Å². The third kappa shape index (κ3) is 6.19. The summed E-state index contributed by atoms with van der Waals surface area (Å²) >= 11 is 11.8. The molecule has 0 aliphatic heterocycles. The highest BCUT2D eigenvalue weighted by Gasteiger charge is 2.16. The van der Waals surface area contributed by atoms with Crippen LogP contribution in [0.2, 0.25) is 10.0 Å². The number of nitrogens with one attached hydrogen (secondary N) is 1. The van der Waals surface area contributed by atoms with Crippen LogP contribution in [0.5, 0.6) is 0 Å². The quantitative estimate of drug-likeness (QED) is 0.760. The number of hydrogen-bond acceptors (Lipinski definition) is 3. The summed E-state index contributed by atoms with van der Waals surface area (Å²) in [7, 11) is 0.497. The van der Waals surface area contributed by atoms with Crippen molar-refractivity contribution >= 4 is 38.9 Å². The molecule has 2 rings (SSSR count). The first-order valence-corrected chi connectivity index (χ1v) is 10.3. The molecule has 0 aromatic heterocycles. The van der Waals surface area contributed by atoms with Gasteiger partial charge >= 0.3 is 0 Å². The van der Waals surface area contributed by atoms with Gasteiger partial charge in [0.2, 0.25) is 10.0 Å². The Morgan fingerprint density at radius 1 is 1.00 bits per heavy atom. The molecule has 136 valence electrons. The van der Waals surface area contributed by atoms with Gasteiger partial charge in [-0.25, -0.2) is 13.1 Å². The van der Waals surface area contributed by atoms with Crippen molar-refractivity contribution in [2.24, 2.45) is 0 Å². The lowest BCUT2D eigenvalue weighted by molar-refractivity contribution is 0.559. The molecule has 7 heteroatoms. The topological polar surface area (TPSA) is 49.4 Å². The molecule has 2 aromatic carbocycles. The molecule has 25 heavy (non-hydrogen) atoms. The van der Waals surface area contributed by atoms with Gasteiger partial charge in [-0.15, -0.1) is 0 Å². The van der Waals surface area contributed by atoms with Gasteiger partial charge in [0.25, 0.3) is 0 Å². The van der Waals surface area contributed by atoms with Gasteiger partial charge in [0.15, 0.2) is 0 Å². The van der Waals surface area contributed by atoms with E-state index < -0.39 is 10.0 Å². The standard InChI is InChI=1S/C18H22Cl2N2O2S/c1-13(10-14-4-7-16(8-5-14)22(2)3)21-25(23,24)12-15-6-9-17(19)18(20)11-15/h4-9,11,13,21H,10,12H2,1-3H3. The number of rotatable bonds is 7. The molecule has 0 aliphatic rings. The van der Waals surface area contributed by atoms with Crippen molar-refractivity contribution in [3.05, 3.63) is 63.6 Å². The van der Waals surface area contributed by atoms with E-state index in [4.69, 9.17) is 23.2 Å². The highest BCUT2D eigenvalue weighted by Crippen LogP contribution is 2.23. The molecule has 0 spiro atoms. The van der Waals surface area contributed by atoms with Crippen LogP contribution in [0.1, 0.15) is 18.1 Å². The third-order valence-electron chi connectivity index (χ3n) is 3.72. The molecule has 0 fully saturated rings. The van der Waals surface area contributed by atoms with Gasteiger partial charge < -0.3 is 4.90 Å². The molecule has 0 bridgehead atoms. The zero-order valence-electron chi connectivity index (χ0n) is 14.5. The molecule has 0 heterocycles. The fraction of sp³-hybridized carbons (Fsp3) is 0.333. The first kappa shape index (κ1) is 20.0. The summed E-state index contributed by atoms with van der Waals surface area (Å²) in [5.74, 6) is -0.131. The summed E-state index contributed by atoms with van der Waals surface area (Å²) in [4.78, 5) is 2.02. The van der Waals surface area contributed by atoms with E-state index in [2.05, 4.69) is 4.72 Å². The van der Waals surface area contributed by atoms with E-state index in [1.807, 2.05) is 50.2 Å². The van der Waals surface area contributed by atoms with E-state index in [1.165, 1.54) is 0 Å². The minimum Gasteiger partial charge on any atom is -0.378 e. The van der Waals surface area contributed by atoms with Crippen molar-refractivity contribution < 1.29 is 8.42 Å². The van der Waals surface area contributed by atoms with Crippen LogP contribution in [0.25, 0.3) is 0 Å². The van der Waals surface area contributed by atoms with Gasteiger partial charge in [-0.3, -0.25) is 0 Å². The molecule has 0 saturated carbocycles. The summed E-state index contributed by atoms with van der Waals surface area (Å²) in [6.07, 6.45) is 0.619. The molecule has 4 nitrogen and oxygen atoms in total. The van der Waals surface area contributed by atoms with Crippen LogP contribution in [0.3, 0.4) is 0 Å². The maximum Gasteiger partial charge on any atom is 0.216 e. The minimum absolute atomic E-state index is 0.131. The van der Waals surface area contributed by atoms with E-state index in [1.54, 1.807) is 18.2 Å². The maximum atomic E-state index is 12.3. The van der Waals surface area contributed by atoms with E-state index in [0.29, 0.717) is 22.0 Å². The SMILES string of the molecule is CC(Cc1ccc(N(C)C)cc1)NS(=O)(=O)Cc1ccc(Cl)c(Cl)c1. The number of sulfonamides is 1.